The number of hydrogen-bond acceptors (Lipinski definition) is 3. The first-order chi connectivity index (χ1) is 14.2. The smallest absolute Gasteiger partial charge is 0.224 e. The number of halogens is 2. The molecule has 6 heteroatoms. The summed E-state index contributed by atoms with van der Waals surface area (Å²) in [7, 11) is 4.10. The van der Waals surface area contributed by atoms with Crippen LogP contribution in [0.25, 0.3) is 0 Å². The Kier molecular flexibility index (Phi) is 7.46. The van der Waals surface area contributed by atoms with Gasteiger partial charge >= 0.3 is 0 Å². The van der Waals surface area contributed by atoms with E-state index in [2.05, 4.69) is 22.3 Å². The fraction of sp³-hybridized carbons (Fsp3) is 0.458. The lowest BCUT2D eigenvalue weighted by atomic mass is 9.71. The van der Waals surface area contributed by atoms with Crippen molar-refractivity contribution in [2.75, 3.05) is 20.6 Å². The van der Waals surface area contributed by atoms with E-state index in [0.717, 1.165) is 24.0 Å². The van der Waals surface area contributed by atoms with E-state index in [-0.39, 0.29) is 17.9 Å². The Morgan fingerprint density at radius 2 is 1.67 bits per heavy atom. The third kappa shape index (κ3) is 5.76. The normalized spacial score (nSPS) is 24.1. The van der Waals surface area contributed by atoms with Gasteiger partial charge in [0.15, 0.2) is 0 Å². The van der Waals surface area contributed by atoms with Gasteiger partial charge in [0.05, 0.1) is 22.1 Å². The SMILES string of the molecule is CN(C)C1(CNC(=O)Cc2ccc(Cl)c(Cl)c2)CCC(O)(Cc2ccccc2)CC1. The van der Waals surface area contributed by atoms with Crippen LogP contribution in [0.15, 0.2) is 48.5 Å². The highest BCUT2D eigenvalue weighted by Gasteiger charge is 2.43. The molecule has 3 rings (SSSR count). The van der Waals surface area contributed by atoms with Gasteiger partial charge in [-0.2, -0.15) is 0 Å². The first-order valence-corrected chi connectivity index (χ1v) is 11.1. The van der Waals surface area contributed by atoms with Crippen molar-refractivity contribution in [2.24, 2.45) is 0 Å². The van der Waals surface area contributed by atoms with Crippen LogP contribution in [0.2, 0.25) is 10.0 Å². The number of carbonyl (C=O) groups excluding carboxylic acids is 1. The van der Waals surface area contributed by atoms with Gasteiger partial charge in [0.2, 0.25) is 5.91 Å². The van der Waals surface area contributed by atoms with E-state index in [4.69, 9.17) is 23.2 Å². The van der Waals surface area contributed by atoms with Crippen LogP contribution >= 0.6 is 23.2 Å². The quantitative estimate of drug-likeness (QED) is 0.655. The predicted octanol–water partition coefficient (Wildman–Crippen LogP) is 4.50. The zero-order valence-electron chi connectivity index (χ0n) is 17.6. The summed E-state index contributed by atoms with van der Waals surface area (Å²) in [4.78, 5) is 14.7. The Morgan fingerprint density at radius 3 is 2.27 bits per heavy atom. The zero-order valence-corrected chi connectivity index (χ0v) is 19.1. The molecule has 0 spiro atoms. The van der Waals surface area contributed by atoms with Crippen LogP contribution in [0.5, 0.6) is 0 Å². The summed E-state index contributed by atoms with van der Waals surface area (Å²) >= 11 is 12.0. The topological polar surface area (TPSA) is 52.6 Å². The monoisotopic (exact) mass is 448 g/mol. The number of nitrogens with one attached hydrogen (secondary N) is 1. The zero-order chi connectivity index (χ0) is 21.8. The average molecular weight is 449 g/mol. The molecule has 2 aromatic rings. The summed E-state index contributed by atoms with van der Waals surface area (Å²) in [6, 6.07) is 15.4. The first-order valence-electron chi connectivity index (χ1n) is 10.4. The maximum atomic E-state index is 12.5. The summed E-state index contributed by atoms with van der Waals surface area (Å²) in [5, 5.41) is 15.2. The van der Waals surface area contributed by atoms with Crippen LogP contribution in [0.3, 0.4) is 0 Å². The lowest BCUT2D eigenvalue weighted by molar-refractivity contribution is -0.121. The summed E-state index contributed by atoms with van der Waals surface area (Å²) in [6.07, 6.45) is 4.01. The van der Waals surface area contributed by atoms with E-state index < -0.39 is 5.60 Å². The minimum atomic E-state index is -0.690. The molecule has 162 valence electrons. The molecule has 0 aromatic heterocycles. The first kappa shape index (κ1) is 23.1. The second-order valence-electron chi connectivity index (χ2n) is 8.71. The largest absolute Gasteiger partial charge is 0.390 e. The number of likely N-dealkylation sites (N-methyl/N-ethyl adjacent to an activating group) is 1. The van der Waals surface area contributed by atoms with Crippen molar-refractivity contribution in [1.29, 1.82) is 0 Å². The maximum absolute atomic E-state index is 12.5. The second-order valence-corrected chi connectivity index (χ2v) is 9.52. The maximum Gasteiger partial charge on any atom is 0.224 e. The number of rotatable bonds is 7. The fourth-order valence-electron chi connectivity index (χ4n) is 4.28. The van der Waals surface area contributed by atoms with Crippen molar-refractivity contribution in [1.82, 2.24) is 10.2 Å². The number of carbonyl (C=O) groups is 1. The van der Waals surface area contributed by atoms with Gasteiger partial charge in [-0.3, -0.25) is 4.79 Å². The third-order valence-corrected chi connectivity index (χ3v) is 7.14. The van der Waals surface area contributed by atoms with Crippen LogP contribution in [0.4, 0.5) is 0 Å². The van der Waals surface area contributed by atoms with Crippen LogP contribution in [0.1, 0.15) is 36.8 Å². The lowest BCUT2D eigenvalue weighted by Gasteiger charge is -2.48. The van der Waals surface area contributed by atoms with Crippen LogP contribution < -0.4 is 5.32 Å². The van der Waals surface area contributed by atoms with Crippen molar-refractivity contribution in [3.8, 4) is 0 Å². The minimum Gasteiger partial charge on any atom is -0.390 e. The van der Waals surface area contributed by atoms with E-state index in [0.29, 0.717) is 35.9 Å². The Hall–Kier alpha value is -1.59. The third-order valence-electron chi connectivity index (χ3n) is 6.40. The second kappa shape index (κ2) is 9.69. The average Bonchev–Trinajstić information content (AvgIpc) is 2.71. The molecular formula is C24H30Cl2N2O2. The summed E-state index contributed by atoms with van der Waals surface area (Å²) < 4.78 is 0. The summed E-state index contributed by atoms with van der Waals surface area (Å²) in [6.45, 7) is 0.557. The molecule has 2 N–H and O–H groups in total. The Labute approximate surface area is 189 Å². The lowest BCUT2D eigenvalue weighted by Crippen LogP contribution is -2.57. The molecular weight excluding hydrogens is 419 g/mol. The summed E-state index contributed by atoms with van der Waals surface area (Å²) in [5.74, 6) is -0.0419. The molecule has 1 fully saturated rings. The number of aliphatic hydroxyl groups is 1. The molecule has 1 amide bonds. The Bertz CT molecular complexity index is 863. The summed E-state index contributed by atoms with van der Waals surface area (Å²) in [5.41, 5.74) is 1.15. The molecule has 0 radical (unpaired) electrons. The number of amides is 1. The van der Waals surface area contributed by atoms with Gasteiger partial charge in [-0.25, -0.2) is 0 Å². The standard InChI is InChI=1S/C24H30Cl2N2O2/c1-28(2)23(17-27-22(29)15-19-8-9-20(25)21(26)14-19)10-12-24(30,13-11-23)16-18-6-4-3-5-7-18/h3-9,14,30H,10-13,15-17H2,1-2H3,(H,27,29). The molecule has 1 saturated carbocycles. The van der Waals surface area contributed by atoms with Crippen molar-refractivity contribution in [3.05, 3.63) is 69.7 Å². The van der Waals surface area contributed by atoms with Gasteiger partial charge in [0, 0.05) is 18.5 Å². The molecule has 0 heterocycles. The predicted molar refractivity (Wildman–Crippen MR) is 123 cm³/mol. The van der Waals surface area contributed by atoms with Crippen LogP contribution in [-0.2, 0) is 17.6 Å². The van der Waals surface area contributed by atoms with Gasteiger partial charge < -0.3 is 15.3 Å². The van der Waals surface area contributed by atoms with Crippen molar-refractivity contribution >= 4 is 29.1 Å². The molecule has 2 aromatic carbocycles. The van der Waals surface area contributed by atoms with Gasteiger partial charge in [0.1, 0.15) is 0 Å². The molecule has 4 nitrogen and oxygen atoms in total. The molecule has 0 bridgehead atoms. The molecule has 30 heavy (non-hydrogen) atoms. The van der Waals surface area contributed by atoms with Crippen molar-refractivity contribution < 1.29 is 9.90 Å². The van der Waals surface area contributed by atoms with Gasteiger partial charge in [-0.15, -0.1) is 0 Å². The van der Waals surface area contributed by atoms with E-state index in [9.17, 15) is 9.90 Å². The van der Waals surface area contributed by atoms with E-state index in [1.165, 1.54) is 0 Å². The number of hydrogen-bond donors (Lipinski definition) is 2. The number of benzene rings is 2. The molecule has 1 aliphatic rings. The molecule has 1 aliphatic carbocycles. The van der Waals surface area contributed by atoms with E-state index in [1.54, 1.807) is 12.1 Å². The Balaban J connectivity index is 1.58. The molecule has 0 unspecified atom stereocenters. The highest BCUT2D eigenvalue weighted by atomic mass is 35.5. The van der Waals surface area contributed by atoms with E-state index >= 15 is 0 Å². The highest BCUT2D eigenvalue weighted by Crippen LogP contribution is 2.39. The van der Waals surface area contributed by atoms with Crippen molar-refractivity contribution in [3.63, 3.8) is 0 Å². The van der Waals surface area contributed by atoms with Crippen LogP contribution in [-0.4, -0.2) is 47.7 Å². The highest BCUT2D eigenvalue weighted by molar-refractivity contribution is 6.42. The van der Waals surface area contributed by atoms with E-state index in [1.807, 2.05) is 38.4 Å². The van der Waals surface area contributed by atoms with Gasteiger partial charge in [-0.1, -0.05) is 59.6 Å². The van der Waals surface area contributed by atoms with Crippen molar-refractivity contribution in [2.45, 2.75) is 49.7 Å². The fourth-order valence-corrected chi connectivity index (χ4v) is 4.60. The van der Waals surface area contributed by atoms with Gasteiger partial charge in [0.25, 0.3) is 0 Å². The molecule has 0 saturated heterocycles. The Morgan fingerprint density at radius 1 is 1.00 bits per heavy atom. The van der Waals surface area contributed by atoms with Crippen LogP contribution in [0, 0.1) is 0 Å². The number of nitrogens with zero attached hydrogens (tertiary/aromatic N) is 1. The molecule has 0 aliphatic heterocycles. The minimum absolute atomic E-state index is 0.0419. The molecule has 0 atom stereocenters. The van der Waals surface area contributed by atoms with Gasteiger partial charge in [-0.05, 0) is 63.0 Å².